The first-order valence-corrected chi connectivity index (χ1v) is 6.36. The number of methoxy groups -OCH3 is 1. The Labute approximate surface area is 117 Å². The predicted octanol–water partition coefficient (Wildman–Crippen LogP) is 3.62. The average molecular weight is 275 g/mol. The molecule has 0 bridgehead atoms. The molecule has 0 saturated carbocycles. The van der Waals surface area contributed by atoms with E-state index in [0.29, 0.717) is 12.4 Å². The van der Waals surface area contributed by atoms with E-state index >= 15 is 0 Å². The van der Waals surface area contributed by atoms with Crippen molar-refractivity contribution < 1.29 is 18.6 Å². The standard InChI is InChI=1S/C16H17FO3/c1-18-14-4-2-13(3-5-14)12-20-16-8-6-15(7-9-16)19-11-10-17/h2-9H,10-12H2,1H3/i17-1. The van der Waals surface area contributed by atoms with Crippen LogP contribution in [0.5, 0.6) is 17.2 Å². The SMILES string of the molecule is COc1ccc(COc2ccc(OCC[18F])cc2)cc1. The predicted molar refractivity (Wildman–Crippen MR) is 75.2 cm³/mol. The van der Waals surface area contributed by atoms with Crippen molar-refractivity contribution in [1.29, 1.82) is 0 Å². The number of halogens is 1. The van der Waals surface area contributed by atoms with Crippen LogP contribution < -0.4 is 14.2 Å². The third-order valence-corrected chi connectivity index (χ3v) is 2.73. The maximum atomic E-state index is 12.0. The first-order chi connectivity index (χ1) is 9.81. The normalized spacial score (nSPS) is 10.1. The van der Waals surface area contributed by atoms with E-state index in [0.717, 1.165) is 17.1 Å². The Balaban J connectivity index is 1.86. The highest BCUT2D eigenvalue weighted by molar-refractivity contribution is 5.32. The Morgan fingerprint density at radius 2 is 1.35 bits per heavy atom. The second-order valence-corrected chi connectivity index (χ2v) is 4.15. The minimum Gasteiger partial charge on any atom is -0.497 e. The van der Waals surface area contributed by atoms with E-state index in [1.807, 2.05) is 24.3 Å². The van der Waals surface area contributed by atoms with E-state index in [1.165, 1.54) is 0 Å². The van der Waals surface area contributed by atoms with Gasteiger partial charge in [-0.1, -0.05) is 12.1 Å². The van der Waals surface area contributed by atoms with Crippen LogP contribution in [0.15, 0.2) is 48.5 Å². The minimum absolute atomic E-state index is 0.0754. The molecule has 0 fully saturated rings. The fourth-order valence-corrected chi connectivity index (χ4v) is 1.68. The summed E-state index contributed by atoms with van der Waals surface area (Å²) in [7, 11) is 1.64. The van der Waals surface area contributed by atoms with E-state index in [1.54, 1.807) is 31.4 Å². The lowest BCUT2D eigenvalue weighted by atomic mass is 10.2. The lowest BCUT2D eigenvalue weighted by Crippen LogP contribution is -1.99. The summed E-state index contributed by atoms with van der Waals surface area (Å²) in [6.45, 7) is 0.0659. The third-order valence-electron chi connectivity index (χ3n) is 2.73. The van der Waals surface area contributed by atoms with Crippen LogP contribution in [0.4, 0.5) is 4.39 Å². The van der Waals surface area contributed by atoms with Gasteiger partial charge in [-0.3, -0.25) is 0 Å². The van der Waals surface area contributed by atoms with Crippen molar-refractivity contribution in [3.05, 3.63) is 54.1 Å². The van der Waals surface area contributed by atoms with Gasteiger partial charge in [0.1, 0.15) is 37.1 Å². The molecule has 106 valence electrons. The molecule has 2 aromatic carbocycles. The van der Waals surface area contributed by atoms with Gasteiger partial charge in [-0.15, -0.1) is 0 Å². The Morgan fingerprint density at radius 3 is 1.90 bits per heavy atom. The Morgan fingerprint density at radius 1 is 0.800 bits per heavy atom. The molecule has 0 amide bonds. The van der Waals surface area contributed by atoms with Crippen molar-refractivity contribution in [1.82, 2.24) is 0 Å². The monoisotopic (exact) mass is 275 g/mol. The highest BCUT2D eigenvalue weighted by Crippen LogP contribution is 2.19. The van der Waals surface area contributed by atoms with Gasteiger partial charge < -0.3 is 14.2 Å². The van der Waals surface area contributed by atoms with E-state index in [9.17, 15) is 4.39 Å². The molecule has 4 heteroatoms. The van der Waals surface area contributed by atoms with Crippen LogP contribution in [0, 0.1) is 0 Å². The van der Waals surface area contributed by atoms with E-state index in [-0.39, 0.29) is 6.61 Å². The molecule has 3 nitrogen and oxygen atoms in total. The summed E-state index contributed by atoms with van der Waals surface area (Å²) in [6, 6.07) is 14.8. The molecule has 2 rings (SSSR count). The molecule has 2 aromatic rings. The summed E-state index contributed by atoms with van der Waals surface area (Å²) in [5.41, 5.74) is 1.06. The molecule has 0 aromatic heterocycles. The van der Waals surface area contributed by atoms with E-state index in [2.05, 4.69) is 0 Å². The summed E-state index contributed by atoms with van der Waals surface area (Å²) in [4.78, 5) is 0. The first-order valence-electron chi connectivity index (χ1n) is 6.36. The Bertz CT molecular complexity index is 508. The van der Waals surface area contributed by atoms with Crippen LogP contribution in [0.3, 0.4) is 0 Å². The van der Waals surface area contributed by atoms with Gasteiger partial charge in [0, 0.05) is 0 Å². The molecule has 0 aliphatic rings. The topological polar surface area (TPSA) is 27.7 Å². The van der Waals surface area contributed by atoms with Gasteiger partial charge in [0.15, 0.2) is 0 Å². The second-order valence-electron chi connectivity index (χ2n) is 4.15. The number of benzene rings is 2. The molecule has 0 spiro atoms. The average Bonchev–Trinajstić information content (AvgIpc) is 2.52. The van der Waals surface area contributed by atoms with Crippen LogP contribution in [-0.2, 0) is 6.61 Å². The molecule has 0 aliphatic carbocycles. The molecule has 0 N–H and O–H groups in total. The summed E-state index contributed by atoms with van der Waals surface area (Å²) >= 11 is 0. The third kappa shape index (κ3) is 4.16. The van der Waals surface area contributed by atoms with Gasteiger partial charge >= 0.3 is 0 Å². The largest absolute Gasteiger partial charge is 0.497 e. The molecule has 0 heterocycles. The Hall–Kier alpha value is -2.23. The number of hydrogen-bond acceptors (Lipinski definition) is 3. The minimum atomic E-state index is -0.490. The fraction of sp³-hybridized carbons (Fsp3) is 0.250. The van der Waals surface area contributed by atoms with Gasteiger partial charge in [-0.2, -0.15) is 0 Å². The van der Waals surface area contributed by atoms with E-state index in [4.69, 9.17) is 14.2 Å². The molecular weight excluding hydrogens is 258 g/mol. The second kappa shape index (κ2) is 7.38. The first kappa shape index (κ1) is 14.2. The molecule has 0 unspecified atom stereocenters. The van der Waals surface area contributed by atoms with Gasteiger partial charge in [-0.25, -0.2) is 4.39 Å². The van der Waals surface area contributed by atoms with Gasteiger partial charge in [0.25, 0.3) is 0 Å². The van der Waals surface area contributed by atoms with Crippen LogP contribution in [0.25, 0.3) is 0 Å². The molecule has 0 radical (unpaired) electrons. The lowest BCUT2D eigenvalue weighted by Gasteiger charge is -2.08. The van der Waals surface area contributed by atoms with Crippen LogP contribution in [-0.4, -0.2) is 20.4 Å². The van der Waals surface area contributed by atoms with Gasteiger partial charge in [-0.05, 0) is 42.0 Å². The van der Waals surface area contributed by atoms with Crippen LogP contribution in [0.1, 0.15) is 5.56 Å². The highest BCUT2D eigenvalue weighted by atomic mass is 18.2. The van der Waals surface area contributed by atoms with Crippen molar-refractivity contribution in [3.63, 3.8) is 0 Å². The van der Waals surface area contributed by atoms with Crippen molar-refractivity contribution in [2.45, 2.75) is 6.61 Å². The molecule has 20 heavy (non-hydrogen) atoms. The number of alkyl halides is 1. The lowest BCUT2D eigenvalue weighted by molar-refractivity contribution is 0.271. The zero-order chi connectivity index (χ0) is 14.2. The van der Waals surface area contributed by atoms with Crippen LogP contribution in [0.2, 0.25) is 0 Å². The van der Waals surface area contributed by atoms with Crippen molar-refractivity contribution >= 4 is 0 Å². The molecule has 0 saturated heterocycles. The molecule has 0 aliphatic heterocycles. The van der Waals surface area contributed by atoms with Crippen molar-refractivity contribution in [2.75, 3.05) is 20.4 Å². The summed E-state index contributed by atoms with van der Waals surface area (Å²) in [5, 5.41) is 0. The van der Waals surface area contributed by atoms with Crippen molar-refractivity contribution in [3.8, 4) is 17.2 Å². The maximum Gasteiger partial charge on any atom is 0.123 e. The van der Waals surface area contributed by atoms with Gasteiger partial charge in [0.05, 0.1) is 7.11 Å². The van der Waals surface area contributed by atoms with Gasteiger partial charge in [0.2, 0.25) is 0 Å². The smallest absolute Gasteiger partial charge is 0.123 e. The summed E-state index contributed by atoms with van der Waals surface area (Å²) in [6.07, 6.45) is 0. The molecular formula is C16H17FO3. The number of hydrogen-bond donors (Lipinski definition) is 0. The zero-order valence-corrected chi connectivity index (χ0v) is 11.3. The van der Waals surface area contributed by atoms with E-state index < -0.39 is 6.67 Å². The summed E-state index contributed by atoms with van der Waals surface area (Å²) in [5.74, 6) is 2.20. The quantitative estimate of drug-likeness (QED) is 0.772. The number of ether oxygens (including phenoxy) is 3. The zero-order valence-electron chi connectivity index (χ0n) is 11.3. The highest BCUT2D eigenvalue weighted by Gasteiger charge is 1.98. The fourth-order valence-electron chi connectivity index (χ4n) is 1.68. The molecule has 0 atom stereocenters. The van der Waals surface area contributed by atoms with Crippen LogP contribution >= 0.6 is 0 Å². The summed E-state index contributed by atoms with van der Waals surface area (Å²) < 4.78 is 27.9. The maximum absolute atomic E-state index is 12.0. The Kier molecular flexibility index (Phi) is 5.24. The number of rotatable bonds is 7. The van der Waals surface area contributed by atoms with Crippen molar-refractivity contribution in [2.24, 2.45) is 0 Å².